The van der Waals surface area contributed by atoms with E-state index in [2.05, 4.69) is 10.3 Å². The van der Waals surface area contributed by atoms with Gasteiger partial charge in [-0.1, -0.05) is 23.7 Å². The van der Waals surface area contributed by atoms with E-state index in [1.54, 1.807) is 30.5 Å². The van der Waals surface area contributed by atoms with E-state index in [0.717, 1.165) is 5.56 Å². The first-order valence-corrected chi connectivity index (χ1v) is 6.57. The lowest BCUT2D eigenvalue weighted by Crippen LogP contribution is -2.34. The molecule has 0 bridgehead atoms. The van der Waals surface area contributed by atoms with Gasteiger partial charge >= 0.3 is 0 Å². The van der Waals surface area contributed by atoms with Crippen LogP contribution in [0.25, 0.3) is 0 Å². The van der Waals surface area contributed by atoms with E-state index in [0.29, 0.717) is 11.4 Å². The van der Waals surface area contributed by atoms with Gasteiger partial charge in [0.1, 0.15) is 0 Å². The quantitative estimate of drug-likeness (QED) is 0.673. The molecule has 0 saturated carbocycles. The van der Waals surface area contributed by atoms with E-state index in [9.17, 15) is 4.79 Å². The second-order valence-corrected chi connectivity index (χ2v) is 5.40. The number of hydrogen-bond acceptors (Lipinski definition) is 3. The number of anilines is 2. The van der Waals surface area contributed by atoms with Gasteiger partial charge in [0.25, 0.3) is 0 Å². The number of halogens is 1. The van der Waals surface area contributed by atoms with Crippen LogP contribution in [0.5, 0.6) is 0 Å². The third-order valence-corrected chi connectivity index (χ3v) is 3.51. The average molecular weight is 290 g/mol. The molecule has 3 N–H and O–H groups in total. The van der Waals surface area contributed by atoms with Crippen LogP contribution < -0.4 is 11.1 Å². The van der Waals surface area contributed by atoms with E-state index in [4.69, 9.17) is 17.3 Å². The molecule has 1 aromatic carbocycles. The summed E-state index contributed by atoms with van der Waals surface area (Å²) in [6, 6.07) is 10.7. The summed E-state index contributed by atoms with van der Waals surface area (Å²) in [5, 5.41) is 3.07. The zero-order chi connectivity index (χ0) is 14.8. The number of hydrogen-bond donors (Lipinski definition) is 2. The molecular weight excluding hydrogens is 274 g/mol. The Morgan fingerprint density at radius 2 is 1.90 bits per heavy atom. The Kier molecular flexibility index (Phi) is 3.95. The van der Waals surface area contributed by atoms with Gasteiger partial charge in [-0.05, 0) is 43.7 Å². The Morgan fingerprint density at radius 1 is 1.25 bits per heavy atom. The zero-order valence-electron chi connectivity index (χ0n) is 11.4. The Hall–Kier alpha value is -2.07. The number of amides is 1. The first kappa shape index (κ1) is 14.3. The normalized spacial score (nSPS) is 11.2. The van der Waals surface area contributed by atoms with Gasteiger partial charge in [-0.3, -0.25) is 4.79 Å². The standard InChI is InChI=1S/C15H16ClN3O/c1-15(2,10-5-7-11(17)8-6-10)14(20)19-12-4-3-9-18-13(12)16/h3-9H,17H2,1-2H3,(H,19,20). The molecule has 0 aliphatic rings. The minimum absolute atomic E-state index is 0.155. The van der Waals surface area contributed by atoms with Crippen molar-refractivity contribution in [1.82, 2.24) is 4.98 Å². The highest BCUT2D eigenvalue weighted by molar-refractivity contribution is 6.32. The van der Waals surface area contributed by atoms with Gasteiger partial charge in [-0.15, -0.1) is 0 Å². The fourth-order valence-corrected chi connectivity index (χ4v) is 1.96. The first-order valence-electron chi connectivity index (χ1n) is 6.19. The minimum Gasteiger partial charge on any atom is -0.399 e. The molecule has 0 radical (unpaired) electrons. The summed E-state index contributed by atoms with van der Waals surface area (Å²) in [5.41, 5.74) is 7.01. The van der Waals surface area contributed by atoms with Crippen molar-refractivity contribution in [2.75, 3.05) is 11.1 Å². The molecular formula is C15H16ClN3O. The van der Waals surface area contributed by atoms with Crippen LogP contribution in [0.1, 0.15) is 19.4 Å². The Morgan fingerprint density at radius 3 is 2.50 bits per heavy atom. The van der Waals surface area contributed by atoms with E-state index in [1.165, 1.54) is 0 Å². The van der Waals surface area contributed by atoms with Crippen LogP contribution in [-0.2, 0) is 10.2 Å². The van der Waals surface area contributed by atoms with Gasteiger partial charge in [-0.25, -0.2) is 4.98 Å². The molecule has 0 aliphatic carbocycles. The highest BCUT2D eigenvalue weighted by atomic mass is 35.5. The van der Waals surface area contributed by atoms with Crippen LogP contribution in [0.2, 0.25) is 5.15 Å². The topological polar surface area (TPSA) is 68.0 Å². The molecule has 0 aliphatic heterocycles. The fraction of sp³-hybridized carbons (Fsp3) is 0.200. The Labute approximate surface area is 123 Å². The number of nitrogens with zero attached hydrogens (tertiary/aromatic N) is 1. The third kappa shape index (κ3) is 2.91. The van der Waals surface area contributed by atoms with Crippen LogP contribution in [0.3, 0.4) is 0 Å². The number of benzene rings is 1. The minimum atomic E-state index is -0.702. The molecule has 0 atom stereocenters. The number of carbonyl (C=O) groups is 1. The summed E-state index contributed by atoms with van der Waals surface area (Å²) in [6.45, 7) is 3.69. The summed E-state index contributed by atoms with van der Waals surface area (Å²) in [4.78, 5) is 16.4. The highest BCUT2D eigenvalue weighted by Crippen LogP contribution is 2.27. The number of nitrogens with two attached hydrogens (primary N) is 1. The Bertz CT molecular complexity index is 623. The molecule has 1 heterocycles. The van der Waals surface area contributed by atoms with Gasteiger partial charge in [0.05, 0.1) is 11.1 Å². The number of rotatable bonds is 3. The molecule has 0 unspecified atom stereocenters. The smallest absolute Gasteiger partial charge is 0.234 e. The second-order valence-electron chi connectivity index (χ2n) is 5.04. The molecule has 4 nitrogen and oxygen atoms in total. The lowest BCUT2D eigenvalue weighted by atomic mass is 9.83. The van der Waals surface area contributed by atoms with Gasteiger partial charge in [0, 0.05) is 11.9 Å². The maximum atomic E-state index is 12.4. The zero-order valence-corrected chi connectivity index (χ0v) is 12.1. The molecule has 2 rings (SSSR count). The second kappa shape index (κ2) is 5.51. The SMILES string of the molecule is CC(C)(C(=O)Nc1cccnc1Cl)c1ccc(N)cc1. The average Bonchev–Trinajstić information content (AvgIpc) is 2.41. The maximum absolute atomic E-state index is 12.4. The third-order valence-electron chi connectivity index (χ3n) is 3.21. The predicted molar refractivity (Wildman–Crippen MR) is 81.8 cm³/mol. The van der Waals surface area contributed by atoms with Gasteiger partial charge in [0.2, 0.25) is 5.91 Å². The molecule has 0 spiro atoms. The molecule has 1 aromatic heterocycles. The van der Waals surface area contributed by atoms with Crippen LogP contribution in [0.4, 0.5) is 11.4 Å². The lowest BCUT2D eigenvalue weighted by molar-refractivity contribution is -0.120. The van der Waals surface area contributed by atoms with Crippen molar-refractivity contribution in [3.05, 3.63) is 53.3 Å². The van der Waals surface area contributed by atoms with Gasteiger partial charge in [0.15, 0.2) is 5.15 Å². The molecule has 20 heavy (non-hydrogen) atoms. The van der Waals surface area contributed by atoms with E-state index < -0.39 is 5.41 Å². The molecule has 5 heteroatoms. The summed E-state index contributed by atoms with van der Waals surface area (Å²) in [7, 11) is 0. The summed E-state index contributed by atoms with van der Waals surface area (Å²) < 4.78 is 0. The van der Waals surface area contributed by atoms with Crippen molar-refractivity contribution in [1.29, 1.82) is 0 Å². The Balaban J connectivity index is 2.23. The van der Waals surface area contributed by atoms with E-state index >= 15 is 0 Å². The van der Waals surface area contributed by atoms with Crippen molar-refractivity contribution in [3.8, 4) is 0 Å². The predicted octanol–water partition coefficient (Wildman–Crippen LogP) is 3.23. The number of aromatic nitrogens is 1. The summed E-state index contributed by atoms with van der Waals surface area (Å²) in [6.07, 6.45) is 1.57. The van der Waals surface area contributed by atoms with Gasteiger partial charge < -0.3 is 11.1 Å². The van der Waals surface area contributed by atoms with Crippen molar-refractivity contribution < 1.29 is 4.79 Å². The number of nitrogen functional groups attached to an aromatic ring is 1. The summed E-state index contributed by atoms with van der Waals surface area (Å²) in [5.74, 6) is -0.155. The van der Waals surface area contributed by atoms with E-state index in [-0.39, 0.29) is 11.1 Å². The van der Waals surface area contributed by atoms with Crippen LogP contribution in [0.15, 0.2) is 42.6 Å². The van der Waals surface area contributed by atoms with Crippen molar-refractivity contribution in [3.63, 3.8) is 0 Å². The molecule has 1 amide bonds. The van der Waals surface area contributed by atoms with E-state index in [1.807, 2.05) is 26.0 Å². The maximum Gasteiger partial charge on any atom is 0.234 e. The van der Waals surface area contributed by atoms with Crippen molar-refractivity contribution in [2.45, 2.75) is 19.3 Å². The molecule has 2 aromatic rings. The van der Waals surface area contributed by atoms with Crippen molar-refractivity contribution >= 4 is 28.9 Å². The summed E-state index contributed by atoms with van der Waals surface area (Å²) >= 11 is 5.94. The van der Waals surface area contributed by atoms with Crippen molar-refractivity contribution in [2.24, 2.45) is 0 Å². The largest absolute Gasteiger partial charge is 0.399 e. The molecule has 0 saturated heterocycles. The number of carbonyl (C=O) groups excluding carboxylic acids is 1. The first-order chi connectivity index (χ1) is 9.41. The molecule has 0 fully saturated rings. The highest BCUT2D eigenvalue weighted by Gasteiger charge is 2.30. The lowest BCUT2D eigenvalue weighted by Gasteiger charge is -2.24. The van der Waals surface area contributed by atoms with Crippen LogP contribution in [0, 0.1) is 0 Å². The number of nitrogens with one attached hydrogen (secondary N) is 1. The van der Waals surface area contributed by atoms with Crippen LogP contribution >= 0.6 is 11.6 Å². The van der Waals surface area contributed by atoms with Crippen LogP contribution in [-0.4, -0.2) is 10.9 Å². The molecule has 104 valence electrons. The fourth-order valence-electron chi connectivity index (χ4n) is 1.79. The number of pyridine rings is 1. The van der Waals surface area contributed by atoms with Gasteiger partial charge in [-0.2, -0.15) is 0 Å². The monoisotopic (exact) mass is 289 g/mol.